The van der Waals surface area contributed by atoms with Crippen LogP contribution in [0.3, 0.4) is 0 Å². The summed E-state index contributed by atoms with van der Waals surface area (Å²) in [7, 11) is 1.59. The van der Waals surface area contributed by atoms with Gasteiger partial charge in [0.2, 0.25) is 0 Å². The minimum absolute atomic E-state index is 0.193. The second-order valence-electron chi connectivity index (χ2n) is 4.34. The molecule has 0 fully saturated rings. The number of ether oxygens (including phenoxy) is 1. The molecule has 0 saturated carbocycles. The largest absolute Gasteiger partial charge is 0.495 e. The van der Waals surface area contributed by atoms with E-state index in [1.54, 1.807) is 19.4 Å². The Morgan fingerprint density at radius 1 is 1.53 bits per heavy atom. The topological polar surface area (TPSA) is 42.4 Å². The molecular weight excluding hydrogens is 190 g/mol. The first-order chi connectivity index (χ1) is 7.03. The zero-order valence-corrected chi connectivity index (χ0v) is 9.82. The fourth-order valence-electron chi connectivity index (χ4n) is 1.34. The van der Waals surface area contributed by atoms with Gasteiger partial charge in [0.1, 0.15) is 17.5 Å². The van der Waals surface area contributed by atoms with E-state index in [4.69, 9.17) is 4.74 Å². The summed E-state index contributed by atoms with van der Waals surface area (Å²) in [6, 6.07) is 3.62. The van der Waals surface area contributed by atoms with E-state index in [-0.39, 0.29) is 5.41 Å². The average Bonchev–Trinajstić information content (AvgIpc) is 2.28. The third-order valence-corrected chi connectivity index (χ3v) is 2.93. The monoisotopic (exact) mass is 209 g/mol. The number of aliphatic hydroxyl groups excluding tert-OH is 1. The van der Waals surface area contributed by atoms with Gasteiger partial charge in [0.15, 0.2) is 0 Å². The molecule has 1 heterocycles. The predicted octanol–water partition coefficient (Wildman–Crippen LogP) is 2.56. The molecule has 1 atom stereocenters. The van der Waals surface area contributed by atoms with E-state index in [0.717, 1.165) is 6.42 Å². The van der Waals surface area contributed by atoms with Crippen molar-refractivity contribution in [1.82, 2.24) is 4.98 Å². The fraction of sp³-hybridized carbons (Fsp3) is 0.583. The second-order valence-corrected chi connectivity index (χ2v) is 4.34. The molecule has 0 amide bonds. The van der Waals surface area contributed by atoms with E-state index in [0.29, 0.717) is 11.4 Å². The van der Waals surface area contributed by atoms with Crippen molar-refractivity contribution in [2.45, 2.75) is 33.3 Å². The minimum Gasteiger partial charge on any atom is -0.495 e. The molecule has 1 aromatic heterocycles. The second kappa shape index (κ2) is 4.62. The highest BCUT2D eigenvalue weighted by Crippen LogP contribution is 2.38. The Morgan fingerprint density at radius 3 is 2.73 bits per heavy atom. The summed E-state index contributed by atoms with van der Waals surface area (Å²) >= 11 is 0. The molecule has 3 heteroatoms. The Labute approximate surface area is 91.1 Å². The van der Waals surface area contributed by atoms with E-state index >= 15 is 0 Å². The summed E-state index contributed by atoms with van der Waals surface area (Å²) < 4.78 is 5.18. The number of hydrogen-bond acceptors (Lipinski definition) is 3. The van der Waals surface area contributed by atoms with Gasteiger partial charge >= 0.3 is 0 Å². The van der Waals surface area contributed by atoms with Crippen LogP contribution in [0.1, 0.15) is 39.0 Å². The molecule has 0 bridgehead atoms. The summed E-state index contributed by atoms with van der Waals surface area (Å²) in [6.07, 6.45) is 1.96. The molecule has 1 aromatic rings. The number of aliphatic hydroxyl groups is 1. The molecule has 15 heavy (non-hydrogen) atoms. The van der Waals surface area contributed by atoms with Gasteiger partial charge in [0, 0.05) is 6.20 Å². The van der Waals surface area contributed by atoms with Crippen LogP contribution in [0.5, 0.6) is 5.75 Å². The van der Waals surface area contributed by atoms with Crippen LogP contribution in [0.4, 0.5) is 0 Å². The Morgan fingerprint density at radius 2 is 2.20 bits per heavy atom. The van der Waals surface area contributed by atoms with Crippen molar-refractivity contribution in [3.8, 4) is 5.75 Å². The molecule has 0 radical (unpaired) electrons. The first-order valence-corrected chi connectivity index (χ1v) is 5.20. The SMILES string of the molecule is CCC(C)(C)C(O)c1ncccc1OC. The van der Waals surface area contributed by atoms with E-state index in [1.165, 1.54) is 0 Å². The van der Waals surface area contributed by atoms with Gasteiger partial charge < -0.3 is 9.84 Å². The van der Waals surface area contributed by atoms with E-state index in [2.05, 4.69) is 11.9 Å². The molecule has 0 aromatic carbocycles. The van der Waals surface area contributed by atoms with Crippen molar-refractivity contribution in [3.63, 3.8) is 0 Å². The molecule has 1 N–H and O–H groups in total. The highest BCUT2D eigenvalue weighted by Gasteiger charge is 2.30. The molecule has 0 aliphatic heterocycles. The highest BCUT2D eigenvalue weighted by molar-refractivity contribution is 5.29. The molecule has 3 nitrogen and oxygen atoms in total. The van der Waals surface area contributed by atoms with Gasteiger partial charge in [0.25, 0.3) is 0 Å². The van der Waals surface area contributed by atoms with Gasteiger partial charge in [-0.25, -0.2) is 0 Å². The molecule has 0 spiro atoms. The molecule has 0 aliphatic rings. The number of nitrogens with zero attached hydrogens (tertiary/aromatic N) is 1. The molecule has 84 valence electrons. The Bertz CT molecular complexity index is 323. The van der Waals surface area contributed by atoms with Crippen LogP contribution in [-0.2, 0) is 0 Å². The normalized spacial score (nSPS) is 13.7. The maximum atomic E-state index is 10.2. The van der Waals surface area contributed by atoms with Crippen molar-refractivity contribution < 1.29 is 9.84 Å². The van der Waals surface area contributed by atoms with Crippen molar-refractivity contribution in [2.75, 3.05) is 7.11 Å². The molecule has 1 unspecified atom stereocenters. The van der Waals surface area contributed by atoms with Crippen LogP contribution in [0.2, 0.25) is 0 Å². The lowest BCUT2D eigenvalue weighted by Crippen LogP contribution is -2.22. The number of methoxy groups -OCH3 is 1. The van der Waals surface area contributed by atoms with Crippen molar-refractivity contribution in [3.05, 3.63) is 24.0 Å². The molecule has 1 rings (SSSR count). The average molecular weight is 209 g/mol. The first-order valence-electron chi connectivity index (χ1n) is 5.20. The summed E-state index contributed by atoms with van der Waals surface area (Å²) in [6.45, 7) is 6.09. The van der Waals surface area contributed by atoms with Crippen LogP contribution in [-0.4, -0.2) is 17.2 Å². The number of pyridine rings is 1. The quantitative estimate of drug-likeness (QED) is 0.828. The van der Waals surface area contributed by atoms with Crippen LogP contribution in [0, 0.1) is 5.41 Å². The zero-order valence-electron chi connectivity index (χ0n) is 9.82. The van der Waals surface area contributed by atoms with Crippen molar-refractivity contribution in [2.24, 2.45) is 5.41 Å². The Balaban J connectivity index is 3.05. The first kappa shape index (κ1) is 12.0. The standard InChI is InChI=1S/C12H19NO2/c1-5-12(2,3)11(14)10-9(15-4)7-6-8-13-10/h6-8,11,14H,5H2,1-4H3. The lowest BCUT2D eigenvalue weighted by atomic mass is 9.82. The van der Waals surface area contributed by atoms with E-state index in [1.807, 2.05) is 19.9 Å². The van der Waals surface area contributed by atoms with Crippen LogP contribution in [0.15, 0.2) is 18.3 Å². The van der Waals surface area contributed by atoms with Crippen LogP contribution >= 0.6 is 0 Å². The predicted molar refractivity (Wildman–Crippen MR) is 59.8 cm³/mol. The zero-order chi connectivity index (χ0) is 11.5. The van der Waals surface area contributed by atoms with E-state index in [9.17, 15) is 5.11 Å². The van der Waals surface area contributed by atoms with Crippen molar-refractivity contribution in [1.29, 1.82) is 0 Å². The minimum atomic E-state index is -0.598. The number of hydrogen-bond donors (Lipinski definition) is 1. The molecular formula is C12H19NO2. The maximum Gasteiger partial charge on any atom is 0.143 e. The lowest BCUT2D eigenvalue weighted by Gasteiger charge is -2.29. The third-order valence-electron chi connectivity index (χ3n) is 2.93. The smallest absolute Gasteiger partial charge is 0.143 e. The van der Waals surface area contributed by atoms with Crippen molar-refractivity contribution >= 4 is 0 Å². The summed E-state index contributed by atoms with van der Waals surface area (Å²) in [5.41, 5.74) is 0.425. The highest BCUT2D eigenvalue weighted by atomic mass is 16.5. The Hall–Kier alpha value is -1.09. The van der Waals surface area contributed by atoms with E-state index < -0.39 is 6.10 Å². The summed E-state index contributed by atoms with van der Waals surface area (Å²) in [5.74, 6) is 0.645. The molecule has 0 aliphatic carbocycles. The fourth-order valence-corrected chi connectivity index (χ4v) is 1.34. The number of rotatable bonds is 4. The maximum absolute atomic E-state index is 10.2. The molecule has 0 saturated heterocycles. The van der Waals surface area contributed by atoms with Gasteiger partial charge in [-0.05, 0) is 24.0 Å². The van der Waals surface area contributed by atoms with Gasteiger partial charge in [-0.2, -0.15) is 0 Å². The third kappa shape index (κ3) is 2.48. The Kier molecular flexibility index (Phi) is 3.69. The lowest BCUT2D eigenvalue weighted by molar-refractivity contribution is 0.0408. The summed E-state index contributed by atoms with van der Waals surface area (Å²) in [5, 5.41) is 10.2. The van der Waals surface area contributed by atoms with Gasteiger partial charge in [-0.15, -0.1) is 0 Å². The van der Waals surface area contributed by atoms with Gasteiger partial charge in [0.05, 0.1) is 7.11 Å². The summed E-state index contributed by atoms with van der Waals surface area (Å²) in [4.78, 5) is 4.19. The van der Waals surface area contributed by atoms with Gasteiger partial charge in [-0.1, -0.05) is 20.8 Å². The van der Waals surface area contributed by atoms with Crippen LogP contribution < -0.4 is 4.74 Å². The van der Waals surface area contributed by atoms with Crippen LogP contribution in [0.25, 0.3) is 0 Å². The van der Waals surface area contributed by atoms with Gasteiger partial charge in [-0.3, -0.25) is 4.98 Å². The number of aromatic nitrogens is 1.